The SMILES string of the molecule is C=CCC=Cc1ccccc1C. The minimum Gasteiger partial charge on any atom is -0.103 e. The molecule has 1 aromatic carbocycles. The van der Waals surface area contributed by atoms with Gasteiger partial charge in [-0.2, -0.15) is 0 Å². The van der Waals surface area contributed by atoms with Gasteiger partial charge in [-0.25, -0.2) is 0 Å². The van der Waals surface area contributed by atoms with E-state index in [-0.39, 0.29) is 0 Å². The summed E-state index contributed by atoms with van der Waals surface area (Å²) in [6.07, 6.45) is 7.09. The van der Waals surface area contributed by atoms with Gasteiger partial charge < -0.3 is 0 Å². The summed E-state index contributed by atoms with van der Waals surface area (Å²) in [5, 5.41) is 0. The van der Waals surface area contributed by atoms with Crippen LogP contribution in [0, 0.1) is 6.92 Å². The van der Waals surface area contributed by atoms with E-state index in [4.69, 9.17) is 0 Å². The molecule has 0 saturated heterocycles. The van der Waals surface area contributed by atoms with E-state index < -0.39 is 0 Å². The minimum atomic E-state index is 0.939. The predicted octanol–water partition coefficient (Wildman–Crippen LogP) is 3.58. The van der Waals surface area contributed by atoms with Crippen molar-refractivity contribution in [1.82, 2.24) is 0 Å². The quantitative estimate of drug-likeness (QED) is 0.590. The summed E-state index contributed by atoms with van der Waals surface area (Å²) in [7, 11) is 0. The average Bonchev–Trinajstić information content (AvgIpc) is 2.09. The molecule has 12 heavy (non-hydrogen) atoms. The zero-order chi connectivity index (χ0) is 8.81. The second-order valence-electron chi connectivity index (χ2n) is 2.78. The lowest BCUT2D eigenvalue weighted by molar-refractivity contribution is 1.40. The number of allylic oxidation sites excluding steroid dienone is 2. The summed E-state index contributed by atoms with van der Waals surface area (Å²) >= 11 is 0. The Kier molecular flexibility index (Phi) is 3.34. The molecule has 0 fully saturated rings. The van der Waals surface area contributed by atoms with Crippen LogP contribution in [-0.4, -0.2) is 0 Å². The van der Waals surface area contributed by atoms with Gasteiger partial charge in [0.1, 0.15) is 0 Å². The van der Waals surface area contributed by atoms with Crippen LogP contribution >= 0.6 is 0 Å². The van der Waals surface area contributed by atoms with Gasteiger partial charge in [-0.05, 0) is 24.5 Å². The van der Waals surface area contributed by atoms with Crippen LogP contribution in [0.2, 0.25) is 0 Å². The Labute approximate surface area is 74.2 Å². The Bertz CT molecular complexity index is 282. The van der Waals surface area contributed by atoms with Gasteiger partial charge in [-0.1, -0.05) is 42.5 Å². The van der Waals surface area contributed by atoms with Gasteiger partial charge in [-0.3, -0.25) is 0 Å². The van der Waals surface area contributed by atoms with Gasteiger partial charge >= 0.3 is 0 Å². The highest BCUT2D eigenvalue weighted by Gasteiger charge is 1.88. The average molecular weight is 158 g/mol. The Morgan fingerprint density at radius 3 is 2.75 bits per heavy atom. The zero-order valence-corrected chi connectivity index (χ0v) is 7.46. The van der Waals surface area contributed by atoms with Crippen LogP contribution in [0.5, 0.6) is 0 Å². The van der Waals surface area contributed by atoms with Crippen molar-refractivity contribution in [3.8, 4) is 0 Å². The van der Waals surface area contributed by atoms with Crippen molar-refractivity contribution in [3.05, 3.63) is 54.1 Å². The van der Waals surface area contributed by atoms with Crippen molar-refractivity contribution < 1.29 is 0 Å². The highest BCUT2D eigenvalue weighted by atomic mass is 13.9. The molecule has 1 rings (SSSR count). The fourth-order valence-electron chi connectivity index (χ4n) is 1.07. The fourth-order valence-corrected chi connectivity index (χ4v) is 1.07. The molecule has 0 spiro atoms. The van der Waals surface area contributed by atoms with E-state index in [0.29, 0.717) is 0 Å². The molecule has 0 N–H and O–H groups in total. The molecule has 62 valence electrons. The molecule has 0 radical (unpaired) electrons. The second kappa shape index (κ2) is 4.55. The minimum absolute atomic E-state index is 0.939. The third kappa shape index (κ3) is 2.39. The summed E-state index contributed by atoms with van der Waals surface area (Å²) in [4.78, 5) is 0. The molecular weight excluding hydrogens is 144 g/mol. The first-order valence-electron chi connectivity index (χ1n) is 4.17. The number of rotatable bonds is 3. The number of hydrogen-bond donors (Lipinski definition) is 0. The maximum atomic E-state index is 3.66. The molecule has 0 unspecified atom stereocenters. The topological polar surface area (TPSA) is 0 Å². The van der Waals surface area contributed by atoms with Gasteiger partial charge in [0.15, 0.2) is 0 Å². The van der Waals surface area contributed by atoms with Crippen molar-refractivity contribution in [2.75, 3.05) is 0 Å². The first-order chi connectivity index (χ1) is 5.84. The second-order valence-corrected chi connectivity index (χ2v) is 2.78. The highest BCUT2D eigenvalue weighted by Crippen LogP contribution is 2.08. The van der Waals surface area contributed by atoms with Gasteiger partial charge in [0.25, 0.3) is 0 Å². The Balaban J connectivity index is 2.74. The first kappa shape index (κ1) is 8.79. The van der Waals surface area contributed by atoms with E-state index in [1.54, 1.807) is 0 Å². The van der Waals surface area contributed by atoms with Gasteiger partial charge in [-0.15, -0.1) is 6.58 Å². The van der Waals surface area contributed by atoms with Crippen LogP contribution in [0.4, 0.5) is 0 Å². The third-order valence-electron chi connectivity index (χ3n) is 1.79. The molecule has 1 aromatic rings. The normalized spacial score (nSPS) is 10.4. The number of benzene rings is 1. The predicted molar refractivity (Wildman–Crippen MR) is 55.0 cm³/mol. The summed E-state index contributed by atoms with van der Waals surface area (Å²) in [5.74, 6) is 0. The molecule has 0 nitrogen and oxygen atoms in total. The zero-order valence-electron chi connectivity index (χ0n) is 7.46. The number of hydrogen-bond acceptors (Lipinski definition) is 0. The lowest BCUT2D eigenvalue weighted by Gasteiger charge is -1.97. The summed E-state index contributed by atoms with van der Waals surface area (Å²) in [6.45, 7) is 5.78. The molecule has 0 aromatic heterocycles. The Morgan fingerprint density at radius 2 is 2.08 bits per heavy atom. The molecule has 0 heteroatoms. The van der Waals surface area contributed by atoms with Crippen LogP contribution in [0.25, 0.3) is 6.08 Å². The maximum absolute atomic E-state index is 3.66. The molecule has 0 aliphatic carbocycles. The first-order valence-corrected chi connectivity index (χ1v) is 4.17. The van der Waals surface area contributed by atoms with Crippen molar-refractivity contribution in [2.24, 2.45) is 0 Å². The maximum Gasteiger partial charge on any atom is -0.0169 e. The molecule has 0 aliphatic heterocycles. The lowest BCUT2D eigenvalue weighted by Crippen LogP contribution is -1.77. The standard InChI is InChI=1S/C12H14/c1-3-4-5-9-12-10-7-6-8-11(12)2/h3,5-10H,1,4H2,2H3. The van der Waals surface area contributed by atoms with Gasteiger partial charge in [0, 0.05) is 0 Å². The van der Waals surface area contributed by atoms with E-state index in [9.17, 15) is 0 Å². The smallest absolute Gasteiger partial charge is 0.0169 e. The number of aryl methyl sites for hydroxylation is 1. The summed E-state index contributed by atoms with van der Waals surface area (Å²) < 4.78 is 0. The molecule has 0 amide bonds. The molecule has 0 heterocycles. The van der Waals surface area contributed by atoms with Gasteiger partial charge in [0.2, 0.25) is 0 Å². The van der Waals surface area contributed by atoms with Crippen molar-refractivity contribution in [1.29, 1.82) is 0 Å². The third-order valence-corrected chi connectivity index (χ3v) is 1.79. The van der Waals surface area contributed by atoms with Crippen LogP contribution in [0.3, 0.4) is 0 Å². The van der Waals surface area contributed by atoms with E-state index in [1.165, 1.54) is 11.1 Å². The highest BCUT2D eigenvalue weighted by molar-refractivity contribution is 5.53. The van der Waals surface area contributed by atoms with Crippen LogP contribution in [0.1, 0.15) is 17.5 Å². The largest absolute Gasteiger partial charge is 0.103 e. The Morgan fingerprint density at radius 1 is 1.33 bits per heavy atom. The molecule has 0 aliphatic rings. The van der Waals surface area contributed by atoms with E-state index in [1.807, 2.05) is 6.08 Å². The fraction of sp³-hybridized carbons (Fsp3) is 0.167. The van der Waals surface area contributed by atoms with Crippen LogP contribution in [-0.2, 0) is 0 Å². The monoisotopic (exact) mass is 158 g/mol. The molecule has 0 saturated carbocycles. The van der Waals surface area contributed by atoms with E-state index in [0.717, 1.165) is 6.42 Å². The van der Waals surface area contributed by atoms with Crippen molar-refractivity contribution >= 4 is 6.08 Å². The van der Waals surface area contributed by atoms with E-state index >= 15 is 0 Å². The Hall–Kier alpha value is -1.30. The molecule has 0 atom stereocenters. The molecule has 0 bridgehead atoms. The lowest BCUT2D eigenvalue weighted by atomic mass is 10.1. The molecular formula is C12H14. The van der Waals surface area contributed by atoms with Gasteiger partial charge in [0.05, 0.1) is 0 Å². The van der Waals surface area contributed by atoms with Crippen molar-refractivity contribution in [2.45, 2.75) is 13.3 Å². The van der Waals surface area contributed by atoms with E-state index in [2.05, 4.69) is 49.9 Å². The summed E-state index contributed by atoms with van der Waals surface area (Å²) in [5.41, 5.74) is 2.61. The van der Waals surface area contributed by atoms with Crippen LogP contribution < -0.4 is 0 Å². The summed E-state index contributed by atoms with van der Waals surface area (Å²) in [6, 6.07) is 8.35. The van der Waals surface area contributed by atoms with Crippen molar-refractivity contribution in [3.63, 3.8) is 0 Å². The van der Waals surface area contributed by atoms with Crippen LogP contribution in [0.15, 0.2) is 43.0 Å².